The van der Waals surface area contributed by atoms with E-state index in [-0.39, 0.29) is 5.97 Å². The van der Waals surface area contributed by atoms with Gasteiger partial charge in [-0.15, -0.1) is 0 Å². The Bertz CT molecular complexity index is 624. The van der Waals surface area contributed by atoms with Crippen LogP contribution < -0.4 is 0 Å². The van der Waals surface area contributed by atoms with Crippen molar-refractivity contribution in [2.24, 2.45) is 5.92 Å². The van der Waals surface area contributed by atoms with E-state index in [0.717, 1.165) is 6.42 Å². The molecule has 2 aromatic rings. The molecule has 0 unspecified atom stereocenters. The van der Waals surface area contributed by atoms with E-state index in [1.165, 1.54) is 18.2 Å². The molecular formula is C20H22O3. The lowest BCUT2D eigenvalue weighted by Crippen LogP contribution is -2.38. The molecule has 0 spiro atoms. The summed E-state index contributed by atoms with van der Waals surface area (Å²) in [5.74, 6) is 0.388. The molecular weight excluding hydrogens is 288 g/mol. The Morgan fingerprint density at radius 1 is 1.09 bits per heavy atom. The molecule has 1 saturated heterocycles. The van der Waals surface area contributed by atoms with Gasteiger partial charge in [0.05, 0.1) is 13.7 Å². The van der Waals surface area contributed by atoms with Crippen LogP contribution in [0, 0.1) is 5.92 Å². The zero-order valence-electron chi connectivity index (χ0n) is 13.4. The number of ether oxygens (including phenoxy) is 2. The molecule has 23 heavy (non-hydrogen) atoms. The molecule has 3 heteroatoms. The number of carbonyl (C=O) groups is 1. The zero-order chi connectivity index (χ0) is 16.1. The highest BCUT2D eigenvalue weighted by Gasteiger charge is 2.36. The number of hydrogen-bond donors (Lipinski definition) is 0. The van der Waals surface area contributed by atoms with Crippen LogP contribution in [0.15, 0.2) is 60.7 Å². The second-order valence-electron chi connectivity index (χ2n) is 6.05. The number of esters is 1. The maximum atomic E-state index is 11.9. The molecule has 0 amide bonds. The largest absolute Gasteiger partial charge is 0.467 e. The molecule has 3 rings (SSSR count). The van der Waals surface area contributed by atoms with Gasteiger partial charge in [0.25, 0.3) is 0 Å². The Labute approximate surface area is 137 Å². The van der Waals surface area contributed by atoms with Gasteiger partial charge in [0.15, 0.2) is 6.10 Å². The molecule has 1 fully saturated rings. The molecule has 120 valence electrons. The summed E-state index contributed by atoms with van der Waals surface area (Å²) in [5, 5.41) is 0. The fourth-order valence-corrected chi connectivity index (χ4v) is 3.37. The van der Waals surface area contributed by atoms with Gasteiger partial charge in [-0.2, -0.15) is 0 Å². The first-order valence-electron chi connectivity index (χ1n) is 8.06. The summed E-state index contributed by atoms with van der Waals surface area (Å²) in [5.41, 5.74) is 2.57. The van der Waals surface area contributed by atoms with Crippen LogP contribution >= 0.6 is 0 Å². The summed E-state index contributed by atoms with van der Waals surface area (Å²) in [4.78, 5) is 11.9. The third-order valence-corrected chi connectivity index (χ3v) is 4.58. The molecule has 3 atom stereocenters. The van der Waals surface area contributed by atoms with Gasteiger partial charge < -0.3 is 9.47 Å². The molecule has 0 aromatic heterocycles. The van der Waals surface area contributed by atoms with E-state index in [2.05, 4.69) is 48.5 Å². The fourth-order valence-electron chi connectivity index (χ4n) is 3.37. The van der Waals surface area contributed by atoms with Crippen molar-refractivity contribution in [1.29, 1.82) is 0 Å². The average molecular weight is 310 g/mol. The molecule has 0 saturated carbocycles. The van der Waals surface area contributed by atoms with Crippen LogP contribution in [0.1, 0.15) is 23.5 Å². The molecule has 1 aliphatic rings. The number of rotatable bonds is 4. The van der Waals surface area contributed by atoms with Crippen LogP contribution in [0.5, 0.6) is 0 Å². The minimum absolute atomic E-state index is 0.274. The molecule has 0 bridgehead atoms. The van der Waals surface area contributed by atoms with Crippen molar-refractivity contribution in [2.45, 2.75) is 24.9 Å². The van der Waals surface area contributed by atoms with E-state index in [9.17, 15) is 4.79 Å². The van der Waals surface area contributed by atoms with Crippen LogP contribution in [0.2, 0.25) is 0 Å². The van der Waals surface area contributed by atoms with Crippen molar-refractivity contribution in [3.63, 3.8) is 0 Å². The minimum Gasteiger partial charge on any atom is -0.467 e. The highest BCUT2D eigenvalue weighted by molar-refractivity contribution is 5.74. The van der Waals surface area contributed by atoms with E-state index in [4.69, 9.17) is 9.47 Å². The van der Waals surface area contributed by atoms with Crippen LogP contribution in [-0.2, 0) is 20.7 Å². The van der Waals surface area contributed by atoms with Crippen molar-refractivity contribution in [3.05, 3.63) is 71.8 Å². The van der Waals surface area contributed by atoms with E-state index >= 15 is 0 Å². The van der Waals surface area contributed by atoms with Crippen molar-refractivity contribution in [2.75, 3.05) is 13.7 Å². The van der Waals surface area contributed by atoms with Crippen molar-refractivity contribution in [1.82, 2.24) is 0 Å². The first-order valence-corrected chi connectivity index (χ1v) is 8.06. The Morgan fingerprint density at radius 2 is 1.74 bits per heavy atom. The van der Waals surface area contributed by atoms with E-state index < -0.39 is 6.10 Å². The Hall–Kier alpha value is -2.13. The van der Waals surface area contributed by atoms with E-state index in [1.807, 2.05) is 12.1 Å². The smallest absolute Gasteiger partial charge is 0.334 e. The van der Waals surface area contributed by atoms with Crippen LogP contribution in [0.25, 0.3) is 0 Å². The minimum atomic E-state index is -0.461. The van der Waals surface area contributed by atoms with Crippen LogP contribution in [-0.4, -0.2) is 25.8 Å². The summed E-state index contributed by atoms with van der Waals surface area (Å²) in [7, 11) is 1.42. The summed E-state index contributed by atoms with van der Waals surface area (Å²) in [6.07, 6.45) is 1.17. The maximum absolute atomic E-state index is 11.9. The highest BCUT2D eigenvalue weighted by Crippen LogP contribution is 2.36. The zero-order valence-corrected chi connectivity index (χ0v) is 13.4. The third-order valence-electron chi connectivity index (χ3n) is 4.58. The molecule has 1 heterocycles. The number of benzene rings is 2. The summed E-state index contributed by atoms with van der Waals surface area (Å²) in [6, 6.07) is 20.9. The van der Waals surface area contributed by atoms with Gasteiger partial charge >= 0.3 is 5.97 Å². The number of methoxy groups -OCH3 is 1. The SMILES string of the molecule is COC(=O)[C@H]1C[C@@H](c2ccccc2)[C@@H](Cc2ccccc2)CO1. The average Bonchev–Trinajstić information content (AvgIpc) is 2.63. The quantitative estimate of drug-likeness (QED) is 0.810. The summed E-state index contributed by atoms with van der Waals surface area (Å²) in [6.45, 7) is 0.578. The van der Waals surface area contributed by atoms with E-state index in [1.54, 1.807) is 0 Å². The molecule has 2 aromatic carbocycles. The van der Waals surface area contributed by atoms with Crippen molar-refractivity contribution < 1.29 is 14.3 Å². The van der Waals surface area contributed by atoms with Gasteiger partial charge in [0.1, 0.15) is 0 Å². The summed E-state index contributed by atoms with van der Waals surface area (Å²) < 4.78 is 10.7. The lowest BCUT2D eigenvalue weighted by Gasteiger charge is -2.35. The molecule has 0 radical (unpaired) electrons. The van der Waals surface area contributed by atoms with Gasteiger partial charge in [-0.05, 0) is 35.8 Å². The van der Waals surface area contributed by atoms with Gasteiger partial charge in [0.2, 0.25) is 0 Å². The fraction of sp³-hybridized carbons (Fsp3) is 0.350. The van der Waals surface area contributed by atoms with Gasteiger partial charge in [-0.25, -0.2) is 4.79 Å². The second kappa shape index (κ2) is 7.42. The lowest BCUT2D eigenvalue weighted by atomic mass is 9.77. The molecule has 3 nitrogen and oxygen atoms in total. The highest BCUT2D eigenvalue weighted by atomic mass is 16.6. The monoisotopic (exact) mass is 310 g/mol. The Morgan fingerprint density at radius 3 is 2.39 bits per heavy atom. The van der Waals surface area contributed by atoms with Crippen LogP contribution in [0.4, 0.5) is 0 Å². The Kier molecular flexibility index (Phi) is 5.09. The lowest BCUT2D eigenvalue weighted by molar-refractivity contribution is -0.159. The molecule has 0 aliphatic carbocycles. The normalized spacial score (nSPS) is 24.1. The van der Waals surface area contributed by atoms with Crippen LogP contribution in [0.3, 0.4) is 0 Å². The predicted octanol–water partition coefficient (Wildman–Crippen LogP) is 3.59. The second-order valence-corrected chi connectivity index (χ2v) is 6.05. The van der Waals surface area contributed by atoms with Gasteiger partial charge in [-0.3, -0.25) is 0 Å². The van der Waals surface area contributed by atoms with Crippen molar-refractivity contribution in [3.8, 4) is 0 Å². The van der Waals surface area contributed by atoms with Gasteiger partial charge in [-0.1, -0.05) is 60.7 Å². The van der Waals surface area contributed by atoms with Crippen molar-refractivity contribution >= 4 is 5.97 Å². The predicted molar refractivity (Wildman–Crippen MR) is 89.2 cm³/mol. The molecule has 0 N–H and O–H groups in total. The van der Waals surface area contributed by atoms with Gasteiger partial charge in [0, 0.05) is 0 Å². The number of hydrogen-bond acceptors (Lipinski definition) is 3. The third kappa shape index (κ3) is 3.80. The molecule has 1 aliphatic heterocycles. The van der Waals surface area contributed by atoms with E-state index in [0.29, 0.717) is 24.9 Å². The summed E-state index contributed by atoms with van der Waals surface area (Å²) >= 11 is 0. The number of carbonyl (C=O) groups excluding carboxylic acids is 1. The first kappa shape index (κ1) is 15.8. The standard InChI is InChI=1S/C20H22O3/c1-22-20(21)19-13-18(16-10-6-3-7-11-16)17(14-23-19)12-15-8-4-2-5-9-15/h2-11,17-19H,12-14H2,1H3/t17-,18-,19+/m0/s1. The topological polar surface area (TPSA) is 35.5 Å². The Balaban J connectivity index is 1.81. The first-order chi connectivity index (χ1) is 11.3. The maximum Gasteiger partial charge on any atom is 0.334 e.